The first kappa shape index (κ1) is 12.7. The van der Waals surface area contributed by atoms with E-state index < -0.39 is 0 Å². The topological polar surface area (TPSA) is 26.3 Å². The molecule has 1 aromatic rings. The normalized spacial score (nSPS) is 10.2. The molecular formula is C13H17FO2. The number of benzene rings is 1. The molecule has 88 valence electrons. The fourth-order valence-corrected chi connectivity index (χ4v) is 1.38. The molecule has 0 aromatic heterocycles. The lowest BCUT2D eigenvalue weighted by Gasteiger charge is -2.07. The van der Waals surface area contributed by atoms with Crippen molar-refractivity contribution in [2.75, 3.05) is 6.61 Å². The Morgan fingerprint density at radius 2 is 2.12 bits per heavy atom. The first-order valence-corrected chi connectivity index (χ1v) is 5.48. The van der Waals surface area contributed by atoms with Crippen LogP contribution in [0.25, 0.3) is 0 Å². The number of hydrogen-bond acceptors (Lipinski definition) is 2. The number of hydrogen-bond donors (Lipinski definition) is 0. The second-order valence-electron chi connectivity index (χ2n) is 3.94. The summed E-state index contributed by atoms with van der Waals surface area (Å²) in [5.74, 6) is 0.140. The van der Waals surface area contributed by atoms with E-state index in [4.69, 9.17) is 4.74 Å². The average molecular weight is 224 g/mol. The van der Waals surface area contributed by atoms with E-state index in [-0.39, 0.29) is 11.6 Å². The number of aryl methyl sites for hydroxylation is 1. The Balaban J connectivity index is 2.31. The van der Waals surface area contributed by atoms with Gasteiger partial charge in [-0.15, -0.1) is 0 Å². The summed E-state index contributed by atoms with van der Waals surface area (Å²) < 4.78 is 18.5. The van der Waals surface area contributed by atoms with E-state index in [0.29, 0.717) is 18.8 Å². The molecule has 0 unspecified atom stereocenters. The second-order valence-corrected chi connectivity index (χ2v) is 3.94. The van der Waals surface area contributed by atoms with Crippen LogP contribution in [-0.2, 0) is 4.79 Å². The van der Waals surface area contributed by atoms with Crippen molar-refractivity contribution < 1.29 is 13.9 Å². The number of carbonyl (C=O) groups excluding carboxylic acids is 1. The maximum atomic E-state index is 13.2. The molecule has 0 saturated heterocycles. The van der Waals surface area contributed by atoms with Crippen LogP contribution in [0.4, 0.5) is 4.39 Å². The van der Waals surface area contributed by atoms with E-state index in [0.717, 1.165) is 18.4 Å². The van der Waals surface area contributed by atoms with E-state index in [1.807, 2.05) is 6.92 Å². The monoisotopic (exact) mass is 224 g/mol. The van der Waals surface area contributed by atoms with Crippen molar-refractivity contribution in [2.24, 2.45) is 0 Å². The van der Waals surface area contributed by atoms with Gasteiger partial charge in [-0.05, 0) is 44.4 Å². The van der Waals surface area contributed by atoms with Crippen LogP contribution in [0, 0.1) is 12.7 Å². The van der Waals surface area contributed by atoms with Crippen molar-refractivity contribution in [3.8, 4) is 5.75 Å². The molecule has 16 heavy (non-hydrogen) atoms. The van der Waals surface area contributed by atoms with Gasteiger partial charge in [0.2, 0.25) is 0 Å². The highest BCUT2D eigenvalue weighted by atomic mass is 19.1. The van der Waals surface area contributed by atoms with Gasteiger partial charge in [0.25, 0.3) is 0 Å². The van der Waals surface area contributed by atoms with Gasteiger partial charge in [-0.2, -0.15) is 0 Å². The summed E-state index contributed by atoms with van der Waals surface area (Å²) >= 11 is 0. The highest BCUT2D eigenvalue weighted by molar-refractivity contribution is 5.75. The number of ketones is 1. The van der Waals surface area contributed by atoms with Crippen molar-refractivity contribution in [3.63, 3.8) is 0 Å². The zero-order valence-corrected chi connectivity index (χ0v) is 9.75. The number of rotatable bonds is 6. The Morgan fingerprint density at radius 1 is 1.38 bits per heavy atom. The quantitative estimate of drug-likeness (QED) is 0.693. The standard InChI is InChI=1S/C13H17FO2/c1-10-6-7-12(14)13(9-10)16-8-4-3-5-11(2)15/h6-7,9H,3-5,8H2,1-2H3. The number of carbonyl (C=O) groups is 1. The molecule has 1 aromatic carbocycles. The summed E-state index contributed by atoms with van der Waals surface area (Å²) in [5.41, 5.74) is 0.972. The molecule has 1 rings (SSSR count). The molecule has 3 heteroatoms. The molecule has 2 nitrogen and oxygen atoms in total. The average Bonchev–Trinajstić information content (AvgIpc) is 2.22. The van der Waals surface area contributed by atoms with Crippen molar-refractivity contribution in [1.29, 1.82) is 0 Å². The first-order chi connectivity index (χ1) is 7.59. The van der Waals surface area contributed by atoms with E-state index in [1.54, 1.807) is 19.1 Å². The van der Waals surface area contributed by atoms with Gasteiger partial charge in [0.15, 0.2) is 11.6 Å². The van der Waals surface area contributed by atoms with Crippen LogP contribution in [0.2, 0.25) is 0 Å². The fraction of sp³-hybridized carbons (Fsp3) is 0.462. The number of Topliss-reactive ketones (excluding diaryl/α,β-unsaturated/α-hetero) is 1. The van der Waals surface area contributed by atoms with Gasteiger partial charge in [-0.1, -0.05) is 6.07 Å². The smallest absolute Gasteiger partial charge is 0.165 e. The number of halogens is 1. The van der Waals surface area contributed by atoms with E-state index >= 15 is 0 Å². The lowest BCUT2D eigenvalue weighted by molar-refractivity contribution is -0.117. The number of ether oxygens (including phenoxy) is 1. The lowest BCUT2D eigenvalue weighted by Crippen LogP contribution is -2.00. The number of unbranched alkanes of at least 4 members (excludes halogenated alkanes) is 1. The van der Waals surface area contributed by atoms with Crippen LogP contribution in [0.3, 0.4) is 0 Å². The Labute approximate surface area is 95.4 Å². The SMILES string of the molecule is CC(=O)CCCCOc1cc(C)ccc1F. The van der Waals surface area contributed by atoms with Gasteiger partial charge < -0.3 is 9.53 Å². The third-order valence-corrected chi connectivity index (χ3v) is 2.27. The summed E-state index contributed by atoms with van der Waals surface area (Å²) in [6.45, 7) is 3.91. The molecule has 0 heterocycles. The summed E-state index contributed by atoms with van der Waals surface area (Å²) in [6, 6.07) is 4.79. The predicted octanol–water partition coefficient (Wildman–Crippen LogP) is 3.27. The van der Waals surface area contributed by atoms with Crippen LogP contribution in [0.15, 0.2) is 18.2 Å². The van der Waals surface area contributed by atoms with Gasteiger partial charge in [0.05, 0.1) is 6.61 Å². The summed E-state index contributed by atoms with van der Waals surface area (Å²) in [5, 5.41) is 0. The largest absolute Gasteiger partial charge is 0.491 e. The molecule has 0 spiro atoms. The highest BCUT2D eigenvalue weighted by Gasteiger charge is 2.02. The van der Waals surface area contributed by atoms with Crippen LogP contribution in [0.1, 0.15) is 31.7 Å². The highest BCUT2D eigenvalue weighted by Crippen LogP contribution is 2.18. The molecule has 0 saturated carbocycles. The molecule has 0 aliphatic heterocycles. The molecule has 0 atom stereocenters. The van der Waals surface area contributed by atoms with Crippen molar-refractivity contribution in [2.45, 2.75) is 33.1 Å². The zero-order valence-electron chi connectivity index (χ0n) is 9.75. The molecule has 0 bridgehead atoms. The summed E-state index contributed by atoms with van der Waals surface area (Å²) in [7, 11) is 0. The minimum absolute atomic E-state index is 0.182. The molecule has 0 N–H and O–H groups in total. The maximum Gasteiger partial charge on any atom is 0.165 e. The van der Waals surface area contributed by atoms with Gasteiger partial charge in [0.1, 0.15) is 5.78 Å². The zero-order chi connectivity index (χ0) is 12.0. The van der Waals surface area contributed by atoms with Crippen molar-refractivity contribution >= 4 is 5.78 Å². The van der Waals surface area contributed by atoms with Crippen LogP contribution >= 0.6 is 0 Å². The van der Waals surface area contributed by atoms with Crippen LogP contribution < -0.4 is 4.74 Å². The van der Waals surface area contributed by atoms with Crippen LogP contribution in [-0.4, -0.2) is 12.4 Å². The Kier molecular flexibility index (Phi) is 4.96. The Bertz CT molecular complexity index is 361. The van der Waals surface area contributed by atoms with Gasteiger partial charge in [0, 0.05) is 6.42 Å². The fourth-order valence-electron chi connectivity index (χ4n) is 1.38. The Hall–Kier alpha value is -1.38. The summed E-state index contributed by atoms with van der Waals surface area (Å²) in [4.78, 5) is 10.7. The van der Waals surface area contributed by atoms with Crippen molar-refractivity contribution in [3.05, 3.63) is 29.6 Å². The predicted molar refractivity (Wildman–Crippen MR) is 61.2 cm³/mol. The van der Waals surface area contributed by atoms with E-state index in [2.05, 4.69) is 0 Å². The minimum Gasteiger partial charge on any atom is -0.491 e. The Morgan fingerprint density at radius 3 is 2.81 bits per heavy atom. The van der Waals surface area contributed by atoms with Gasteiger partial charge in [-0.3, -0.25) is 0 Å². The molecule has 0 fully saturated rings. The van der Waals surface area contributed by atoms with Gasteiger partial charge in [-0.25, -0.2) is 4.39 Å². The van der Waals surface area contributed by atoms with E-state index in [9.17, 15) is 9.18 Å². The minimum atomic E-state index is -0.336. The lowest BCUT2D eigenvalue weighted by atomic mass is 10.2. The molecule has 0 aliphatic rings. The second kappa shape index (κ2) is 6.26. The van der Waals surface area contributed by atoms with Gasteiger partial charge >= 0.3 is 0 Å². The first-order valence-electron chi connectivity index (χ1n) is 5.48. The van der Waals surface area contributed by atoms with Crippen molar-refractivity contribution in [1.82, 2.24) is 0 Å². The third-order valence-electron chi connectivity index (χ3n) is 2.27. The molecule has 0 amide bonds. The summed E-state index contributed by atoms with van der Waals surface area (Å²) in [6.07, 6.45) is 2.13. The molecular weight excluding hydrogens is 207 g/mol. The van der Waals surface area contributed by atoms with Crippen LogP contribution in [0.5, 0.6) is 5.75 Å². The van der Waals surface area contributed by atoms with E-state index in [1.165, 1.54) is 6.07 Å². The molecule has 0 aliphatic carbocycles. The maximum absolute atomic E-state index is 13.2. The molecule has 0 radical (unpaired) electrons. The third kappa shape index (κ3) is 4.43.